The van der Waals surface area contributed by atoms with E-state index in [2.05, 4.69) is 14.9 Å². The van der Waals surface area contributed by atoms with Crippen LogP contribution in [-0.4, -0.2) is 47.1 Å². The summed E-state index contributed by atoms with van der Waals surface area (Å²) in [5, 5.41) is 2.93. The Hall–Kier alpha value is -2.44. The van der Waals surface area contributed by atoms with Crippen LogP contribution in [0.15, 0.2) is 53.9 Å². The highest BCUT2D eigenvalue weighted by Gasteiger charge is 2.26. The molecule has 150 valence electrons. The SMILES string of the molecule is COc1ccc2cc(C(=O)[C@H]3CCCN(Cc4cnc(SC)nc4)C3)ccc2c1. The Bertz CT molecular complexity index is 1010. The summed E-state index contributed by atoms with van der Waals surface area (Å²) >= 11 is 1.54. The first kappa shape index (κ1) is 19.9. The zero-order valence-electron chi connectivity index (χ0n) is 16.8. The molecular weight excluding hydrogens is 382 g/mol. The van der Waals surface area contributed by atoms with Crippen LogP contribution in [0.5, 0.6) is 5.75 Å². The van der Waals surface area contributed by atoms with Crippen LogP contribution in [0.4, 0.5) is 0 Å². The van der Waals surface area contributed by atoms with E-state index in [1.807, 2.05) is 55.0 Å². The van der Waals surface area contributed by atoms with E-state index in [1.165, 1.54) is 0 Å². The number of benzene rings is 2. The first-order chi connectivity index (χ1) is 14.2. The van der Waals surface area contributed by atoms with Crippen molar-refractivity contribution in [2.24, 2.45) is 5.92 Å². The molecule has 29 heavy (non-hydrogen) atoms. The lowest BCUT2D eigenvalue weighted by molar-refractivity contribution is 0.0811. The van der Waals surface area contributed by atoms with Gasteiger partial charge in [0.15, 0.2) is 10.9 Å². The molecule has 2 aromatic carbocycles. The van der Waals surface area contributed by atoms with Crippen LogP contribution < -0.4 is 4.74 Å². The van der Waals surface area contributed by atoms with Gasteiger partial charge in [-0.2, -0.15) is 0 Å². The van der Waals surface area contributed by atoms with Crippen molar-refractivity contribution in [3.8, 4) is 5.75 Å². The molecule has 1 saturated heterocycles. The van der Waals surface area contributed by atoms with Gasteiger partial charge in [0.1, 0.15) is 5.75 Å². The van der Waals surface area contributed by atoms with Gasteiger partial charge in [-0.25, -0.2) is 9.97 Å². The van der Waals surface area contributed by atoms with Crippen LogP contribution in [0.1, 0.15) is 28.8 Å². The zero-order valence-corrected chi connectivity index (χ0v) is 17.6. The van der Waals surface area contributed by atoms with Crippen LogP contribution in [-0.2, 0) is 6.54 Å². The van der Waals surface area contributed by atoms with E-state index in [4.69, 9.17) is 4.74 Å². The summed E-state index contributed by atoms with van der Waals surface area (Å²) in [6, 6.07) is 11.9. The summed E-state index contributed by atoms with van der Waals surface area (Å²) in [6.45, 7) is 2.57. The number of hydrogen-bond donors (Lipinski definition) is 0. The number of rotatable bonds is 6. The van der Waals surface area contributed by atoms with Crippen molar-refractivity contribution >= 4 is 28.3 Å². The minimum Gasteiger partial charge on any atom is -0.497 e. The highest BCUT2D eigenvalue weighted by Crippen LogP contribution is 2.26. The van der Waals surface area contributed by atoms with Gasteiger partial charge in [0.05, 0.1) is 7.11 Å². The summed E-state index contributed by atoms with van der Waals surface area (Å²) in [7, 11) is 1.66. The van der Waals surface area contributed by atoms with E-state index in [-0.39, 0.29) is 11.7 Å². The summed E-state index contributed by atoms with van der Waals surface area (Å²) in [6.07, 6.45) is 7.73. The van der Waals surface area contributed by atoms with E-state index < -0.39 is 0 Å². The minimum absolute atomic E-state index is 0.0332. The molecule has 0 bridgehead atoms. The predicted molar refractivity (Wildman–Crippen MR) is 117 cm³/mol. The maximum absolute atomic E-state index is 13.2. The van der Waals surface area contributed by atoms with Crippen molar-refractivity contribution in [2.45, 2.75) is 24.5 Å². The van der Waals surface area contributed by atoms with Gasteiger partial charge in [-0.15, -0.1) is 0 Å². The monoisotopic (exact) mass is 407 g/mol. The lowest BCUT2D eigenvalue weighted by Crippen LogP contribution is -2.38. The molecule has 0 unspecified atom stereocenters. The number of carbonyl (C=O) groups is 1. The Balaban J connectivity index is 1.45. The van der Waals surface area contributed by atoms with E-state index in [1.54, 1.807) is 18.9 Å². The van der Waals surface area contributed by atoms with E-state index in [0.717, 1.165) is 65.3 Å². The number of Topliss-reactive ketones (excluding diaryl/α,β-unsaturated/α-hetero) is 1. The largest absolute Gasteiger partial charge is 0.497 e. The molecule has 0 radical (unpaired) electrons. The van der Waals surface area contributed by atoms with Crippen molar-refractivity contribution in [2.75, 3.05) is 26.5 Å². The number of thioether (sulfide) groups is 1. The molecule has 1 atom stereocenters. The second-order valence-electron chi connectivity index (χ2n) is 7.44. The van der Waals surface area contributed by atoms with Crippen LogP contribution in [0.3, 0.4) is 0 Å². The van der Waals surface area contributed by atoms with Crippen molar-refractivity contribution < 1.29 is 9.53 Å². The van der Waals surface area contributed by atoms with Gasteiger partial charge in [0.2, 0.25) is 0 Å². The molecule has 0 aliphatic carbocycles. The number of nitrogens with zero attached hydrogens (tertiary/aromatic N) is 3. The van der Waals surface area contributed by atoms with Crippen molar-refractivity contribution in [3.05, 3.63) is 59.9 Å². The van der Waals surface area contributed by atoms with Gasteiger partial charge in [-0.05, 0) is 54.6 Å². The lowest BCUT2D eigenvalue weighted by atomic mass is 9.89. The van der Waals surface area contributed by atoms with Gasteiger partial charge in [-0.1, -0.05) is 30.0 Å². The average molecular weight is 408 g/mol. The number of piperidine rings is 1. The van der Waals surface area contributed by atoms with Gasteiger partial charge >= 0.3 is 0 Å². The molecular formula is C23H25N3O2S. The number of fused-ring (bicyclic) bond motifs is 1. The molecule has 1 aliphatic heterocycles. The normalized spacial score (nSPS) is 17.4. The fraction of sp³-hybridized carbons (Fsp3) is 0.348. The van der Waals surface area contributed by atoms with Gasteiger partial charge in [0.25, 0.3) is 0 Å². The van der Waals surface area contributed by atoms with E-state index >= 15 is 0 Å². The maximum atomic E-state index is 13.2. The first-order valence-corrected chi connectivity index (χ1v) is 11.1. The lowest BCUT2D eigenvalue weighted by Gasteiger charge is -2.32. The quantitative estimate of drug-likeness (QED) is 0.342. The van der Waals surface area contributed by atoms with Crippen LogP contribution in [0.2, 0.25) is 0 Å². The number of methoxy groups -OCH3 is 1. The molecule has 4 rings (SSSR count). The summed E-state index contributed by atoms with van der Waals surface area (Å²) < 4.78 is 5.29. The summed E-state index contributed by atoms with van der Waals surface area (Å²) in [5.41, 5.74) is 1.89. The Labute approximate surface area is 175 Å². The number of likely N-dealkylation sites (tertiary alicyclic amines) is 1. The standard InChI is InChI=1S/C23H25N3O2S/c1-28-21-8-7-17-10-19(6-5-18(17)11-21)22(27)20-4-3-9-26(15-20)14-16-12-24-23(29-2)25-13-16/h5-8,10-13,20H,3-4,9,14-15H2,1-2H3/t20-/m0/s1. The third-order valence-electron chi connectivity index (χ3n) is 5.48. The Morgan fingerprint density at radius 1 is 1.17 bits per heavy atom. The second-order valence-corrected chi connectivity index (χ2v) is 8.22. The zero-order chi connectivity index (χ0) is 20.2. The molecule has 0 N–H and O–H groups in total. The first-order valence-electron chi connectivity index (χ1n) is 9.85. The molecule has 1 fully saturated rings. The molecule has 5 nitrogen and oxygen atoms in total. The van der Waals surface area contributed by atoms with Gasteiger partial charge in [-0.3, -0.25) is 9.69 Å². The smallest absolute Gasteiger partial charge is 0.187 e. The Morgan fingerprint density at radius 2 is 1.93 bits per heavy atom. The molecule has 1 aliphatic rings. The number of carbonyl (C=O) groups excluding carboxylic acids is 1. The van der Waals surface area contributed by atoms with Gasteiger partial charge in [0, 0.05) is 42.5 Å². The molecule has 3 aromatic rings. The van der Waals surface area contributed by atoms with Crippen molar-refractivity contribution in [3.63, 3.8) is 0 Å². The predicted octanol–water partition coefficient (Wildman–Crippen LogP) is 4.46. The highest BCUT2D eigenvalue weighted by molar-refractivity contribution is 7.98. The number of ketones is 1. The van der Waals surface area contributed by atoms with E-state index in [0.29, 0.717) is 0 Å². The second kappa shape index (κ2) is 8.93. The average Bonchev–Trinajstić information content (AvgIpc) is 2.78. The third-order valence-corrected chi connectivity index (χ3v) is 6.05. The molecule has 2 heterocycles. The molecule has 0 amide bonds. The van der Waals surface area contributed by atoms with Crippen molar-refractivity contribution in [1.82, 2.24) is 14.9 Å². The fourth-order valence-corrected chi connectivity index (χ4v) is 4.26. The number of aromatic nitrogens is 2. The molecule has 6 heteroatoms. The molecule has 0 saturated carbocycles. The summed E-state index contributed by atoms with van der Waals surface area (Å²) in [5.74, 6) is 1.10. The highest BCUT2D eigenvalue weighted by atomic mass is 32.2. The fourth-order valence-electron chi connectivity index (χ4n) is 3.94. The molecule has 0 spiro atoms. The number of ether oxygens (including phenoxy) is 1. The minimum atomic E-state index is 0.0332. The van der Waals surface area contributed by atoms with Crippen LogP contribution in [0, 0.1) is 5.92 Å². The third kappa shape index (κ3) is 4.60. The van der Waals surface area contributed by atoms with Gasteiger partial charge < -0.3 is 4.74 Å². The number of hydrogen-bond acceptors (Lipinski definition) is 6. The van der Waals surface area contributed by atoms with Crippen LogP contribution in [0.25, 0.3) is 10.8 Å². The van der Waals surface area contributed by atoms with Crippen LogP contribution >= 0.6 is 11.8 Å². The topological polar surface area (TPSA) is 55.3 Å². The van der Waals surface area contributed by atoms with E-state index in [9.17, 15) is 4.79 Å². The Morgan fingerprint density at radius 3 is 2.69 bits per heavy atom. The molecule has 1 aromatic heterocycles. The maximum Gasteiger partial charge on any atom is 0.187 e. The Kier molecular flexibility index (Phi) is 6.11. The van der Waals surface area contributed by atoms with Crippen molar-refractivity contribution in [1.29, 1.82) is 0 Å². The summed E-state index contributed by atoms with van der Waals surface area (Å²) in [4.78, 5) is 24.2.